The van der Waals surface area contributed by atoms with Crippen molar-refractivity contribution in [1.82, 2.24) is 10.6 Å². The molecule has 2 aromatic rings. The van der Waals surface area contributed by atoms with Gasteiger partial charge < -0.3 is 31.1 Å². The summed E-state index contributed by atoms with van der Waals surface area (Å²) in [6.07, 6.45) is 6.03. The average Bonchev–Trinajstić information content (AvgIpc) is 2.91. The van der Waals surface area contributed by atoms with E-state index >= 15 is 0 Å². The van der Waals surface area contributed by atoms with Crippen molar-refractivity contribution in [3.05, 3.63) is 58.7 Å². The highest BCUT2D eigenvalue weighted by molar-refractivity contribution is 6.07. The molecule has 0 atom stereocenters. The third-order valence-corrected chi connectivity index (χ3v) is 6.06. The topological polar surface area (TPSA) is 173 Å². The van der Waals surface area contributed by atoms with Gasteiger partial charge in [-0.3, -0.25) is 9.59 Å². The van der Waals surface area contributed by atoms with Gasteiger partial charge in [-0.2, -0.15) is 0 Å². The van der Waals surface area contributed by atoms with Crippen molar-refractivity contribution < 1.29 is 39.6 Å². The molecule has 0 aromatic heterocycles. The van der Waals surface area contributed by atoms with Crippen LogP contribution in [0.25, 0.3) is 11.1 Å². The summed E-state index contributed by atoms with van der Waals surface area (Å²) in [4.78, 5) is 49.1. The number of unbranched alkanes of at least 4 members (excludes halogenated alkanes) is 6. The molecular formula is C28H36N2O8. The number of aliphatic hydroxyl groups excluding tert-OH is 2. The molecule has 0 aliphatic carbocycles. The number of hydrogen-bond acceptors (Lipinski definition) is 6. The highest BCUT2D eigenvalue weighted by atomic mass is 16.4. The number of benzene rings is 2. The smallest absolute Gasteiger partial charge is 0.336 e. The molecule has 10 heteroatoms. The molecule has 38 heavy (non-hydrogen) atoms. The first kappa shape index (κ1) is 30.5. The highest BCUT2D eigenvalue weighted by Crippen LogP contribution is 2.26. The molecule has 0 saturated heterocycles. The van der Waals surface area contributed by atoms with E-state index in [0.29, 0.717) is 49.9 Å². The Balaban J connectivity index is 2.25. The maximum absolute atomic E-state index is 12.8. The Morgan fingerprint density at radius 1 is 0.526 bits per heavy atom. The van der Waals surface area contributed by atoms with Crippen molar-refractivity contribution in [2.75, 3.05) is 26.3 Å². The monoisotopic (exact) mass is 528 g/mol. The average molecular weight is 529 g/mol. The van der Waals surface area contributed by atoms with Crippen LogP contribution in [0.3, 0.4) is 0 Å². The Morgan fingerprint density at radius 2 is 0.895 bits per heavy atom. The van der Waals surface area contributed by atoms with Crippen LogP contribution in [0, 0.1) is 0 Å². The number of rotatable bonds is 17. The van der Waals surface area contributed by atoms with Gasteiger partial charge in [-0.05, 0) is 61.1 Å². The lowest BCUT2D eigenvalue weighted by molar-refractivity contribution is 0.0682. The largest absolute Gasteiger partial charge is 0.478 e. The predicted molar refractivity (Wildman–Crippen MR) is 142 cm³/mol. The van der Waals surface area contributed by atoms with Crippen LogP contribution in [0.2, 0.25) is 0 Å². The van der Waals surface area contributed by atoms with Crippen molar-refractivity contribution in [3.8, 4) is 11.1 Å². The maximum atomic E-state index is 12.8. The van der Waals surface area contributed by atoms with Gasteiger partial charge >= 0.3 is 11.9 Å². The van der Waals surface area contributed by atoms with E-state index < -0.39 is 23.8 Å². The van der Waals surface area contributed by atoms with Gasteiger partial charge in [-0.15, -0.1) is 0 Å². The fraction of sp³-hybridized carbons (Fsp3) is 0.429. The van der Waals surface area contributed by atoms with E-state index in [-0.39, 0.29) is 35.5 Å². The van der Waals surface area contributed by atoms with Gasteiger partial charge in [0, 0.05) is 26.3 Å². The van der Waals surface area contributed by atoms with E-state index in [1.54, 1.807) is 0 Å². The van der Waals surface area contributed by atoms with Gasteiger partial charge in [-0.25, -0.2) is 9.59 Å². The Hall–Kier alpha value is -3.76. The van der Waals surface area contributed by atoms with Crippen molar-refractivity contribution in [2.24, 2.45) is 0 Å². The SMILES string of the molecule is O=C(O)c1ccc(-c2ccc(C(=O)O)c(C(=O)NCCCCCCO)c2)cc1C(=O)NCCCCCCO. The number of aromatic carboxylic acids is 2. The Bertz CT molecular complexity index is 1030. The molecule has 2 amide bonds. The van der Waals surface area contributed by atoms with Crippen LogP contribution in [0.5, 0.6) is 0 Å². The standard InChI is InChI=1S/C28H36N2O8/c31-15-7-3-1-5-13-29-25(33)23-17-19(9-11-21(23)27(35)36)20-10-12-22(28(37)38)24(18-20)26(34)30-14-6-2-4-8-16-32/h9-12,17-18,31-32H,1-8,13-16H2,(H,29,33)(H,30,34)(H,35,36)(H,37,38). The Kier molecular flexibility index (Phi) is 13.0. The predicted octanol–water partition coefficient (Wildman–Crippen LogP) is 3.32. The summed E-state index contributed by atoms with van der Waals surface area (Å²) in [6, 6.07) is 8.48. The van der Waals surface area contributed by atoms with E-state index in [1.165, 1.54) is 36.4 Å². The minimum Gasteiger partial charge on any atom is -0.478 e. The molecule has 0 unspecified atom stereocenters. The normalized spacial score (nSPS) is 10.7. The zero-order valence-corrected chi connectivity index (χ0v) is 21.4. The second kappa shape index (κ2) is 16.2. The quantitative estimate of drug-likeness (QED) is 0.170. The number of carboxylic acid groups (broad SMARTS) is 2. The van der Waals surface area contributed by atoms with Crippen molar-refractivity contribution in [3.63, 3.8) is 0 Å². The zero-order valence-electron chi connectivity index (χ0n) is 21.4. The summed E-state index contributed by atoms with van der Waals surface area (Å²) < 4.78 is 0. The first-order chi connectivity index (χ1) is 18.3. The van der Waals surface area contributed by atoms with Crippen molar-refractivity contribution in [1.29, 1.82) is 0 Å². The van der Waals surface area contributed by atoms with Gasteiger partial charge in [0.15, 0.2) is 0 Å². The molecule has 0 aliphatic heterocycles. The molecule has 0 fully saturated rings. The third-order valence-electron chi connectivity index (χ3n) is 6.06. The minimum absolute atomic E-state index is 0.0402. The van der Waals surface area contributed by atoms with E-state index in [9.17, 15) is 29.4 Å². The van der Waals surface area contributed by atoms with Gasteiger partial charge in [0.25, 0.3) is 11.8 Å². The molecule has 0 saturated carbocycles. The summed E-state index contributed by atoms with van der Waals surface area (Å²) in [5, 5.41) is 42.3. The summed E-state index contributed by atoms with van der Waals surface area (Å²) >= 11 is 0. The van der Waals surface area contributed by atoms with Crippen LogP contribution in [0.4, 0.5) is 0 Å². The zero-order chi connectivity index (χ0) is 27.9. The van der Waals surface area contributed by atoms with Crippen LogP contribution in [0.15, 0.2) is 36.4 Å². The van der Waals surface area contributed by atoms with Gasteiger partial charge in [0.05, 0.1) is 22.3 Å². The second-order valence-corrected chi connectivity index (χ2v) is 8.92. The first-order valence-electron chi connectivity index (χ1n) is 12.8. The molecule has 0 heterocycles. The highest BCUT2D eigenvalue weighted by Gasteiger charge is 2.20. The Morgan fingerprint density at radius 3 is 1.24 bits per heavy atom. The number of nitrogens with one attached hydrogen (secondary N) is 2. The van der Waals surface area contributed by atoms with E-state index in [1.807, 2.05) is 0 Å². The molecule has 0 bridgehead atoms. The lowest BCUT2D eigenvalue weighted by Gasteiger charge is -2.13. The number of hydrogen-bond donors (Lipinski definition) is 6. The number of carbonyl (C=O) groups is 4. The van der Waals surface area contributed by atoms with Crippen molar-refractivity contribution in [2.45, 2.75) is 51.4 Å². The van der Waals surface area contributed by atoms with Gasteiger partial charge in [0.2, 0.25) is 0 Å². The van der Waals surface area contributed by atoms with E-state index in [2.05, 4.69) is 10.6 Å². The van der Waals surface area contributed by atoms with Crippen molar-refractivity contribution >= 4 is 23.8 Å². The third kappa shape index (κ3) is 9.28. The molecule has 0 radical (unpaired) electrons. The molecule has 2 aromatic carbocycles. The number of carboxylic acids is 2. The van der Waals surface area contributed by atoms with Crippen LogP contribution in [-0.2, 0) is 0 Å². The fourth-order valence-corrected chi connectivity index (χ4v) is 3.97. The number of aliphatic hydroxyl groups is 2. The van der Waals surface area contributed by atoms with Crippen LogP contribution in [0.1, 0.15) is 92.8 Å². The van der Waals surface area contributed by atoms with Crippen LogP contribution in [-0.4, -0.2) is 70.5 Å². The van der Waals surface area contributed by atoms with E-state index in [0.717, 1.165) is 25.7 Å². The molecule has 6 N–H and O–H groups in total. The second-order valence-electron chi connectivity index (χ2n) is 8.92. The molecule has 10 nitrogen and oxygen atoms in total. The molecular weight excluding hydrogens is 492 g/mol. The lowest BCUT2D eigenvalue weighted by atomic mass is 9.95. The summed E-state index contributed by atoms with van der Waals surface area (Å²) in [5.41, 5.74) is 0.486. The number of carbonyl (C=O) groups excluding carboxylic acids is 2. The van der Waals surface area contributed by atoms with Gasteiger partial charge in [-0.1, -0.05) is 37.8 Å². The number of amides is 2. The van der Waals surface area contributed by atoms with Crippen LogP contribution >= 0.6 is 0 Å². The molecule has 0 aliphatic rings. The molecule has 0 spiro atoms. The minimum atomic E-state index is -1.26. The Labute approximate surface area is 221 Å². The van der Waals surface area contributed by atoms with Gasteiger partial charge in [0.1, 0.15) is 0 Å². The summed E-state index contributed by atoms with van der Waals surface area (Å²) in [7, 11) is 0. The van der Waals surface area contributed by atoms with Crippen LogP contribution < -0.4 is 10.6 Å². The lowest BCUT2D eigenvalue weighted by Crippen LogP contribution is -2.26. The fourth-order valence-electron chi connectivity index (χ4n) is 3.97. The summed E-state index contributed by atoms with van der Waals surface area (Å²) in [5.74, 6) is -3.62. The molecule has 2 rings (SSSR count). The summed E-state index contributed by atoms with van der Waals surface area (Å²) in [6.45, 7) is 0.934. The first-order valence-corrected chi connectivity index (χ1v) is 12.8. The van der Waals surface area contributed by atoms with E-state index in [4.69, 9.17) is 10.2 Å². The molecule has 206 valence electrons. The maximum Gasteiger partial charge on any atom is 0.336 e.